The van der Waals surface area contributed by atoms with Crippen LogP contribution in [0.5, 0.6) is 5.75 Å². The van der Waals surface area contributed by atoms with Gasteiger partial charge in [-0.1, -0.05) is 12.1 Å². The van der Waals surface area contributed by atoms with Crippen LogP contribution in [0.3, 0.4) is 0 Å². The average Bonchev–Trinajstić information content (AvgIpc) is 2.94. The van der Waals surface area contributed by atoms with Crippen molar-refractivity contribution in [2.24, 2.45) is 0 Å². The third-order valence-corrected chi connectivity index (χ3v) is 3.90. The van der Waals surface area contributed by atoms with E-state index in [-0.39, 0.29) is 12.0 Å². The molecule has 0 unspecified atom stereocenters. The lowest BCUT2D eigenvalue weighted by Crippen LogP contribution is -2.08. The van der Waals surface area contributed by atoms with Gasteiger partial charge in [0.15, 0.2) is 0 Å². The molecule has 1 atom stereocenters. The minimum Gasteiger partial charge on any atom is -0.485 e. The highest BCUT2D eigenvalue weighted by molar-refractivity contribution is 7.09. The van der Waals surface area contributed by atoms with Crippen molar-refractivity contribution in [3.63, 3.8) is 0 Å². The molecule has 0 saturated heterocycles. The van der Waals surface area contributed by atoms with Crippen LogP contribution in [0.15, 0.2) is 29.6 Å². The van der Waals surface area contributed by atoms with Crippen molar-refractivity contribution in [3.8, 4) is 5.75 Å². The summed E-state index contributed by atoms with van der Waals surface area (Å²) in [6, 6.07) is 7.33. The van der Waals surface area contributed by atoms with E-state index in [1.165, 1.54) is 6.92 Å². The Bertz CT molecular complexity index is 612. The maximum absolute atomic E-state index is 11.2. The van der Waals surface area contributed by atoms with E-state index in [1.54, 1.807) is 24.5 Å². The quantitative estimate of drug-likeness (QED) is 0.888. The van der Waals surface area contributed by atoms with Gasteiger partial charge in [-0.25, -0.2) is 4.98 Å². The van der Waals surface area contributed by atoms with E-state index in [0.717, 1.165) is 10.7 Å². The van der Waals surface area contributed by atoms with E-state index in [9.17, 15) is 4.79 Å². The van der Waals surface area contributed by atoms with Crippen LogP contribution >= 0.6 is 11.3 Å². The molecule has 0 aliphatic carbocycles. The number of rotatable bonds is 6. The summed E-state index contributed by atoms with van der Waals surface area (Å²) >= 11 is 1.55. The van der Waals surface area contributed by atoms with Crippen molar-refractivity contribution in [2.45, 2.75) is 26.6 Å². The minimum absolute atomic E-state index is 0.0181. The van der Waals surface area contributed by atoms with E-state index >= 15 is 0 Å². The van der Waals surface area contributed by atoms with Gasteiger partial charge >= 0.3 is 0 Å². The van der Waals surface area contributed by atoms with Gasteiger partial charge in [0.1, 0.15) is 23.5 Å². The molecule has 112 valence electrons. The molecule has 1 amide bonds. The number of hydrogen-bond acceptors (Lipinski definition) is 5. The SMILES string of the molecule is CO[C@H](C)c1nc(COc2ccccc2NC(C)=O)cs1. The van der Waals surface area contributed by atoms with E-state index in [0.29, 0.717) is 18.0 Å². The van der Waals surface area contributed by atoms with Crippen molar-refractivity contribution in [1.29, 1.82) is 0 Å². The molecule has 0 radical (unpaired) electrons. The van der Waals surface area contributed by atoms with E-state index in [1.807, 2.05) is 30.5 Å². The van der Waals surface area contributed by atoms with Crippen LogP contribution in [0, 0.1) is 0 Å². The molecule has 5 nitrogen and oxygen atoms in total. The van der Waals surface area contributed by atoms with Crippen LogP contribution in [0.25, 0.3) is 0 Å². The molecule has 0 spiro atoms. The number of anilines is 1. The van der Waals surface area contributed by atoms with Gasteiger partial charge < -0.3 is 14.8 Å². The van der Waals surface area contributed by atoms with Gasteiger partial charge in [-0.15, -0.1) is 11.3 Å². The fraction of sp³-hybridized carbons (Fsp3) is 0.333. The number of para-hydroxylation sites is 2. The fourth-order valence-electron chi connectivity index (χ4n) is 1.71. The van der Waals surface area contributed by atoms with Crippen LogP contribution in [-0.2, 0) is 16.1 Å². The van der Waals surface area contributed by atoms with Crippen LogP contribution in [0.4, 0.5) is 5.69 Å². The molecular formula is C15H18N2O3S. The molecule has 2 aromatic rings. The first-order valence-corrected chi connectivity index (χ1v) is 7.44. The molecule has 21 heavy (non-hydrogen) atoms. The van der Waals surface area contributed by atoms with Crippen LogP contribution in [0.1, 0.15) is 30.7 Å². The molecule has 1 N–H and O–H groups in total. The number of nitrogens with zero attached hydrogens (tertiary/aromatic N) is 1. The van der Waals surface area contributed by atoms with Crippen LogP contribution in [0.2, 0.25) is 0 Å². The maximum atomic E-state index is 11.2. The molecule has 0 aliphatic heterocycles. The molecule has 0 bridgehead atoms. The summed E-state index contributed by atoms with van der Waals surface area (Å²) in [5.41, 5.74) is 1.50. The third-order valence-electron chi connectivity index (χ3n) is 2.84. The monoisotopic (exact) mass is 306 g/mol. The number of benzene rings is 1. The van der Waals surface area contributed by atoms with Gasteiger partial charge in [0.05, 0.1) is 11.4 Å². The highest BCUT2D eigenvalue weighted by Crippen LogP contribution is 2.26. The van der Waals surface area contributed by atoms with Crippen LogP contribution in [-0.4, -0.2) is 18.0 Å². The number of carbonyl (C=O) groups is 1. The van der Waals surface area contributed by atoms with Gasteiger partial charge in [0.25, 0.3) is 0 Å². The molecule has 2 rings (SSSR count). The van der Waals surface area contributed by atoms with Crippen molar-refractivity contribution in [1.82, 2.24) is 4.98 Å². The zero-order valence-corrected chi connectivity index (χ0v) is 13.1. The smallest absolute Gasteiger partial charge is 0.221 e. The van der Waals surface area contributed by atoms with Crippen molar-refractivity contribution in [2.75, 3.05) is 12.4 Å². The number of nitrogens with one attached hydrogen (secondary N) is 1. The normalized spacial score (nSPS) is 12.0. The topological polar surface area (TPSA) is 60.5 Å². The molecule has 1 aromatic heterocycles. The summed E-state index contributed by atoms with van der Waals surface area (Å²) in [6.45, 7) is 3.77. The highest BCUT2D eigenvalue weighted by atomic mass is 32.1. The van der Waals surface area contributed by atoms with Crippen molar-refractivity contribution >= 4 is 22.9 Å². The highest BCUT2D eigenvalue weighted by Gasteiger charge is 2.10. The lowest BCUT2D eigenvalue weighted by Gasteiger charge is -2.10. The molecular weight excluding hydrogens is 288 g/mol. The van der Waals surface area contributed by atoms with Crippen molar-refractivity contribution < 1.29 is 14.3 Å². The second-order valence-corrected chi connectivity index (χ2v) is 5.41. The largest absolute Gasteiger partial charge is 0.485 e. The predicted molar refractivity (Wildman–Crippen MR) is 82.6 cm³/mol. The lowest BCUT2D eigenvalue weighted by molar-refractivity contribution is -0.114. The minimum atomic E-state index is -0.129. The van der Waals surface area contributed by atoms with E-state index in [4.69, 9.17) is 9.47 Å². The van der Waals surface area contributed by atoms with Gasteiger partial charge in [0, 0.05) is 19.4 Å². The predicted octanol–water partition coefficient (Wildman–Crippen LogP) is 3.39. The first kappa shape index (κ1) is 15.5. The Morgan fingerprint density at radius 1 is 1.43 bits per heavy atom. The summed E-state index contributed by atoms with van der Waals surface area (Å²) in [5, 5.41) is 5.61. The number of ether oxygens (including phenoxy) is 2. The van der Waals surface area contributed by atoms with E-state index < -0.39 is 0 Å². The third kappa shape index (κ3) is 4.27. The van der Waals surface area contributed by atoms with Crippen molar-refractivity contribution in [3.05, 3.63) is 40.3 Å². The Balaban J connectivity index is 2.03. The molecule has 1 heterocycles. The molecule has 1 aromatic carbocycles. The Morgan fingerprint density at radius 3 is 2.90 bits per heavy atom. The summed E-state index contributed by atoms with van der Waals surface area (Å²) in [7, 11) is 1.66. The number of carbonyl (C=O) groups excluding carboxylic acids is 1. The number of amides is 1. The summed E-state index contributed by atoms with van der Waals surface area (Å²) < 4.78 is 11.0. The summed E-state index contributed by atoms with van der Waals surface area (Å²) in [4.78, 5) is 15.6. The Labute approximate surface area is 127 Å². The number of methoxy groups -OCH3 is 1. The summed E-state index contributed by atoms with van der Waals surface area (Å²) in [6.07, 6.45) is -0.0181. The maximum Gasteiger partial charge on any atom is 0.221 e. The Morgan fingerprint density at radius 2 is 2.19 bits per heavy atom. The standard InChI is InChI=1S/C15H18N2O3S/c1-10(19-3)15-17-12(9-21-15)8-20-14-7-5-4-6-13(14)16-11(2)18/h4-7,9-10H,8H2,1-3H3,(H,16,18)/t10-/m1/s1. The van der Waals surface area contributed by atoms with Gasteiger partial charge in [-0.05, 0) is 19.1 Å². The molecule has 0 saturated carbocycles. The van der Waals surface area contributed by atoms with Gasteiger partial charge in [0.2, 0.25) is 5.91 Å². The zero-order valence-electron chi connectivity index (χ0n) is 12.3. The number of thiazole rings is 1. The van der Waals surface area contributed by atoms with E-state index in [2.05, 4.69) is 10.3 Å². The first-order chi connectivity index (χ1) is 10.1. The second-order valence-electron chi connectivity index (χ2n) is 4.52. The summed E-state index contributed by atoms with van der Waals surface area (Å²) in [5.74, 6) is 0.498. The second kappa shape index (κ2) is 7.19. The lowest BCUT2D eigenvalue weighted by atomic mass is 10.3. The Kier molecular flexibility index (Phi) is 5.30. The zero-order chi connectivity index (χ0) is 15.2. The fourth-order valence-corrected chi connectivity index (χ4v) is 2.55. The van der Waals surface area contributed by atoms with Gasteiger partial charge in [-0.3, -0.25) is 4.79 Å². The average molecular weight is 306 g/mol. The molecule has 0 aliphatic rings. The van der Waals surface area contributed by atoms with Gasteiger partial charge in [-0.2, -0.15) is 0 Å². The number of hydrogen-bond donors (Lipinski definition) is 1. The first-order valence-electron chi connectivity index (χ1n) is 6.56. The number of aromatic nitrogens is 1. The molecule has 6 heteroatoms. The Hall–Kier alpha value is -1.92. The molecule has 0 fully saturated rings. The van der Waals surface area contributed by atoms with Crippen LogP contribution < -0.4 is 10.1 Å².